The number of hydrogen-bond donors (Lipinski definition) is 1. The van der Waals surface area contributed by atoms with Crippen molar-refractivity contribution in [3.8, 4) is 0 Å². The Labute approximate surface area is 200 Å². The molecule has 0 aliphatic carbocycles. The molecule has 178 valence electrons. The Morgan fingerprint density at radius 2 is 1.65 bits per heavy atom. The van der Waals surface area contributed by atoms with Gasteiger partial charge in [0.05, 0.1) is 0 Å². The number of aryl methyl sites for hydroxylation is 2. The number of likely N-dealkylation sites (N-methyl/N-ethyl adjacent to an activating group) is 1. The minimum absolute atomic E-state index is 0.281. The molecule has 3 amide bonds. The molecule has 2 fully saturated rings. The molecule has 0 aromatic heterocycles. The molecule has 1 N–H and O–H groups in total. The largest absolute Gasteiger partial charge is 0.340 e. The molecule has 3 heterocycles. The molecule has 34 heavy (non-hydrogen) atoms. The number of carbonyl (C=O) groups is 2. The summed E-state index contributed by atoms with van der Waals surface area (Å²) in [5.74, 6) is 0.527. The van der Waals surface area contributed by atoms with Crippen LogP contribution in [0.15, 0.2) is 53.5 Å². The Morgan fingerprint density at radius 1 is 0.912 bits per heavy atom. The molecular weight excluding hydrogens is 428 g/mol. The normalized spacial score (nSPS) is 23.1. The fourth-order valence-corrected chi connectivity index (χ4v) is 5.01. The zero-order chi connectivity index (χ0) is 23.8. The van der Waals surface area contributed by atoms with E-state index < -0.39 is 18.2 Å². The second-order valence-electron chi connectivity index (χ2n) is 9.56. The molecule has 0 saturated carbocycles. The average Bonchev–Trinajstić information content (AvgIpc) is 3.19. The van der Waals surface area contributed by atoms with Crippen LogP contribution < -0.4 is 5.32 Å². The summed E-state index contributed by atoms with van der Waals surface area (Å²) in [7, 11) is 1.70. The maximum atomic E-state index is 12.9. The summed E-state index contributed by atoms with van der Waals surface area (Å²) in [5.41, 5.74) is 4.92. The van der Waals surface area contributed by atoms with E-state index >= 15 is 0 Å². The van der Waals surface area contributed by atoms with Crippen molar-refractivity contribution in [2.24, 2.45) is 4.99 Å². The maximum absolute atomic E-state index is 12.9. The minimum Gasteiger partial charge on any atom is -0.340 e. The van der Waals surface area contributed by atoms with E-state index in [1.54, 1.807) is 7.05 Å². The van der Waals surface area contributed by atoms with Crippen LogP contribution in [0.1, 0.15) is 22.3 Å². The fraction of sp³-hybridized carbons (Fsp3) is 0.423. The number of aliphatic imine (C=N–C) groups is 1. The molecular formula is C26H32N6O2. The summed E-state index contributed by atoms with van der Waals surface area (Å²) < 4.78 is 0. The number of carbonyl (C=O) groups excluding carboxylic acids is 2. The number of nitrogens with one attached hydrogen (secondary N) is 1. The van der Waals surface area contributed by atoms with Gasteiger partial charge in [-0.1, -0.05) is 59.7 Å². The first-order valence-electron chi connectivity index (χ1n) is 11.9. The predicted molar refractivity (Wildman–Crippen MR) is 131 cm³/mol. The van der Waals surface area contributed by atoms with E-state index in [-0.39, 0.29) is 5.91 Å². The quantitative estimate of drug-likeness (QED) is 0.757. The van der Waals surface area contributed by atoms with Crippen LogP contribution >= 0.6 is 0 Å². The van der Waals surface area contributed by atoms with Crippen LogP contribution in [0.2, 0.25) is 0 Å². The van der Waals surface area contributed by atoms with E-state index in [0.717, 1.165) is 44.2 Å². The minimum atomic E-state index is -0.524. The highest BCUT2D eigenvalue weighted by Gasteiger charge is 2.49. The SMILES string of the molecule is Cc1ccc(CN2C(N3CCN(Cc4cccc(C)c4)CC3)=NC3C2C(=O)NC(=O)N3C)cc1. The van der Waals surface area contributed by atoms with Crippen LogP contribution in [-0.2, 0) is 17.9 Å². The van der Waals surface area contributed by atoms with Crippen LogP contribution in [0.3, 0.4) is 0 Å². The van der Waals surface area contributed by atoms with Gasteiger partial charge in [0.15, 0.2) is 18.2 Å². The lowest BCUT2D eigenvalue weighted by molar-refractivity contribution is -0.127. The molecule has 0 spiro atoms. The van der Waals surface area contributed by atoms with Gasteiger partial charge in [0.2, 0.25) is 0 Å². The van der Waals surface area contributed by atoms with Crippen molar-refractivity contribution in [2.45, 2.75) is 39.1 Å². The Kier molecular flexibility index (Phi) is 6.00. The van der Waals surface area contributed by atoms with Crippen molar-refractivity contribution in [3.05, 3.63) is 70.8 Å². The number of urea groups is 1. The topological polar surface area (TPSA) is 71.5 Å². The van der Waals surface area contributed by atoms with Crippen molar-refractivity contribution in [1.29, 1.82) is 0 Å². The van der Waals surface area contributed by atoms with Crippen LogP contribution in [0.5, 0.6) is 0 Å². The van der Waals surface area contributed by atoms with Crippen molar-refractivity contribution in [2.75, 3.05) is 33.2 Å². The predicted octanol–water partition coefficient (Wildman–Crippen LogP) is 2.17. The van der Waals surface area contributed by atoms with E-state index in [1.807, 2.05) is 0 Å². The standard InChI is InChI=1S/C26H32N6O2/c1-18-7-9-20(10-8-18)17-32-22-23(29(3)26(34)28-24(22)33)27-25(32)31-13-11-30(12-14-31)16-21-6-4-5-19(2)15-21/h4-10,15,22-23H,11-14,16-17H2,1-3H3,(H,28,33,34). The molecule has 0 radical (unpaired) electrons. The van der Waals surface area contributed by atoms with Crippen molar-refractivity contribution >= 4 is 17.9 Å². The van der Waals surface area contributed by atoms with Gasteiger partial charge in [0.25, 0.3) is 5.91 Å². The third-order valence-corrected chi connectivity index (χ3v) is 6.96. The molecule has 3 aliphatic rings. The molecule has 5 rings (SSSR count). The number of guanidine groups is 1. The molecule has 2 aromatic carbocycles. The number of imide groups is 1. The number of rotatable bonds is 4. The van der Waals surface area contributed by atoms with Gasteiger partial charge in [-0.25, -0.2) is 9.79 Å². The molecule has 2 atom stereocenters. The van der Waals surface area contributed by atoms with Crippen molar-refractivity contribution in [1.82, 2.24) is 24.9 Å². The smallest absolute Gasteiger partial charge is 0.325 e. The van der Waals surface area contributed by atoms with E-state index in [9.17, 15) is 9.59 Å². The van der Waals surface area contributed by atoms with Gasteiger partial charge in [-0.2, -0.15) is 0 Å². The zero-order valence-electron chi connectivity index (χ0n) is 20.1. The van der Waals surface area contributed by atoms with Gasteiger partial charge in [-0.3, -0.25) is 15.0 Å². The summed E-state index contributed by atoms with van der Waals surface area (Å²) in [4.78, 5) is 38.4. The van der Waals surface area contributed by atoms with E-state index in [4.69, 9.17) is 4.99 Å². The van der Waals surface area contributed by atoms with E-state index in [0.29, 0.717) is 6.54 Å². The number of fused-ring (bicyclic) bond motifs is 1. The molecule has 2 saturated heterocycles. The Morgan fingerprint density at radius 3 is 2.35 bits per heavy atom. The molecule has 2 aromatic rings. The highest BCUT2D eigenvalue weighted by atomic mass is 16.2. The lowest BCUT2D eigenvalue weighted by atomic mass is 10.1. The number of nitrogens with zero attached hydrogens (tertiary/aromatic N) is 5. The summed E-state index contributed by atoms with van der Waals surface area (Å²) in [6.07, 6.45) is -0.507. The van der Waals surface area contributed by atoms with Gasteiger partial charge < -0.3 is 14.7 Å². The Hall–Kier alpha value is -3.39. The van der Waals surface area contributed by atoms with Crippen molar-refractivity contribution < 1.29 is 9.59 Å². The second-order valence-corrected chi connectivity index (χ2v) is 9.56. The average molecular weight is 461 g/mol. The van der Waals surface area contributed by atoms with Gasteiger partial charge >= 0.3 is 6.03 Å². The fourth-order valence-electron chi connectivity index (χ4n) is 5.01. The summed E-state index contributed by atoms with van der Waals surface area (Å²) in [6.45, 7) is 9.18. The highest BCUT2D eigenvalue weighted by molar-refractivity contribution is 6.03. The van der Waals surface area contributed by atoms with Crippen LogP contribution in [0, 0.1) is 13.8 Å². The molecule has 2 unspecified atom stereocenters. The Bertz CT molecular complexity index is 1110. The van der Waals surface area contributed by atoms with Gasteiger partial charge in [-0.05, 0) is 25.0 Å². The van der Waals surface area contributed by atoms with E-state index in [2.05, 4.69) is 82.4 Å². The molecule has 8 heteroatoms. The number of benzene rings is 2. The lowest BCUT2D eigenvalue weighted by Gasteiger charge is -2.40. The van der Waals surface area contributed by atoms with E-state index in [1.165, 1.54) is 21.6 Å². The van der Waals surface area contributed by atoms with Crippen LogP contribution in [0.4, 0.5) is 4.79 Å². The third-order valence-electron chi connectivity index (χ3n) is 6.96. The summed E-state index contributed by atoms with van der Waals surface area (Å²) >= 11 is 0. The van der Waals surface area contributed by atoms with Gasteiger partial charge in [0.1, 0.15) is 0 Å². The monoisotopic (exact) mass is 460 g/mol. The number of piperazine rings is 1. The molecule has 3 aliphatic heterocycles. The molecule has 0 bridgehead atoms. The first kappa shape index (κ1) is 22.4. The van der Waals surface area contributed by atoms with Gasteiger partial charge in [-0.15, -0.1) is 0 Å². The first-order chi connectivity index (χ1) is 16.4. The summed E-state index contributed by atoms with van der Waals surface area (Å²) in [6, 6.07) is 16.1. The second kappa shape index (κ2) is 9.10. The van der Waals surface area contributed by atoms with Crippen molar-refractivity contribution in [3.63, 3.8) is 0 Å². The number of hydrogen-bond acceptors (Lipinski definition) is 6. The lowest BCUT2D eigenvalue weighted by Crippen LogP contribution is -2.64. The zero-order valence-corrected chi connectivity index (χ0v) is 20.1. The van der Waals surface area contributed by atoms with Gasteiger partial charge in [0, 0.05) is 46.3 Å². The Balaban J connectivity index is 1.34. The van der Waals surface area contributed by atoms with Crippen LogP contribution in [-0.4, -0.2) is 82.9 Å². The third kappa shape index (κ3) is 4.37. The van der Waals surface area contributed by atoms with Crippen LogP contribution in [0.25, 0.3) is 0 Å². The maximum Gasteiger partial charge on any atom is 0.325 e. The molecule has 8 nitrogen and oxygen atoms in total. The summed E-state index contributed by atoms with van der Waals surface area (Å²) in [5, 5.41) is 2.49. The highest BCUT2D eigenvalue weighted by Crippen LogP contribution is 2.28. The first-order valence-corrected chi connectivity index (χ1v) is 11.9. The number of amides is 3.